The van der Waals surface area contributed by atoms with Crippen LogP contribution in [0.5, 0.6) is 0 Å². The molecule has 0 N–H and O–H groups in total. The molecule has 2 atom stereocenters. The summed E-state index contributed by atoms with van der Waals surface area (Å²) in [6.07, 6.45) is 6.26. The van der Waals surface area contributed by atoms with Gasteiger partial charge in [-0.15, -0.1) is 0 Å². The number of allylic oxidation sites excluding steroid dienone is 1. The molecule has 0 unspecified atom stereocenters. The van der Waals surface area contributed by atoms with Crippen LogP contribution in [0.1, 0.15) is 54.4 Å². The van der Waals surface area contributed by atoms with E-state index in [0.29, 0.717) is 6.61 Å². The normalized spacial score (nSPS) is 25.2. The Morgan fingerprint density at radius 3 is 2.00 bits per heavy atom. The maximum absolute atomic E-state index is 6.85. The predicted molar refractivity (Wildman–Crippen MR) is 115 cm³/mol. The molecule has 2 aliphatic rings. The molecular weight excluding hydrogens is 356 g/mol. The van der Waals surface area contributed by atoms with E-state index in [9.17, 15) is 0 Å². The topological polar surface area (TPSA) is 27.7 Å². The first-order valence-corrected chi connectivity index (χ1v) is 15.8. The van der Waals surface area contributed by atoms with Crippen LogP contribution in [0, 0.1) is 0 Å². The SMILES string of the molecule is CC(C)(C)[Si](C)(C)O[C@@H]1CC2=C(COC=C2)[C@@H](O[Si](C)(C)C(C)(C)C)C1. The van der Waals surface area contributed by atoms with Crippen LogP contribution in [0.15, 0.2) is 23.5 Å². The fraction of sp³-hybridized carbons (Fsp3) is 0.810. The molecular formula is C21H40O3Si2. The van der Waals surface area contributed by atoms with E-state index < -0.39 is 16.6 Å². The van der Waals surface area contributed by atoms with E-state index >= 15 is 0 Å². The maximum Gasteiger partial charge on any atom is 0.192 e. The molecule has 0 saturated heterocycles. The molecule has 0 amide bonds. The van der Waals surface area contributed by atoms with E-state index in [4.69, 9.17) is 13.6 Å². The third-order valence-corrected chi connectivity index (χ3v) is 15.9. The van der Waals surface area contributed by atoms with Crippen LogP contribution in [0.4, 0.5) is 0 Å². The lowest BCUT2D eigenvalue weighted by molar-refractivity contribution is 0.0869. The van der Waals surface area contributed by atoms with Gasteiger partial charge in [-0.05, 0) is 59.9 Å². The predicted octanol–water partition coefficient (Wildman–Crippen LogP) is 6.40. The highest BCUT2D eigenvalue weighted by molar-refractivity contribution is 6.74. The molecule has 1 heterocycles. The van der Waals surface area contributed by atoms with Gasteiger partial charge in [0.2, 0.25) is 0 Å². The Balaban J connectivity index is 2.25. The van der Waals surface area contributed by atoms with Gasteiger partial charge in [-0.3, -0.25) is 0 Å². The Morgan fingerprint density at radius 1 is 0.923 bits per heavy atom. The van der Waals surface area contributed by atoms with Crippen molar-refractivity contribution in [1.29, 1.82) is 0 Å². The van der Waals surface area contributed by atoms with Crippen LogP contribution < -0.4 is 0 Å². The first-order chi connectivity index (χ1) is 11.6. The number of rotatable bonds is 4. The Labute approximate surface area is 163 Å². The molecule has 0 radical (unpaired) electrons. The molecule has 0 spiro atoms. The first kappa shape index (κ1) is 21.9. The van der Waals surface area contributed by atoms with Gasteiger partial charge in [0.05, 0.1) is 18.5 Å². The standard InChI is InChI=1S/C21H40O3Si2/c1-20(2,3)25(7,8)23-17-13-16-11-12-22-15-18(16)19(14-17)24-26(9,10)21(4,5)6/h11-12,17,19H,13-15H2,1-10H3/t17-,19+/m1/s1. The summed E-state index contributed by atoms with van der Waals surface area (Å²) in [6, 6.07) is 0. The van der Waals surface area contributed by atoms with Crippen LogP contribution in [-0.2, 0) is 13.6 Å². The van der Waals surface area contributed by atoms with Crippen LogP contribution in [0.3, 0.4) is 0 Å². The van der Waals surface area contributed by atoms with Gasteiger partial charge in [0, 0.05) is 6.42 Å². The minimum absolute atomic E-state index is 0.124. The second-order valence-electron chi connectivity index (χ2n) is 11.0. The fourth-order valence-corrected chi connectivity index (χ4v) is 5.68. The maximum atomic E-state index is 6.85. The van der Waals surface area contributed by atoms with Crippen molar-refractivity contribution in [1.82, 2.24) is 0 Å². The molecule has 1 aliphatic heterocycles. The summed E-state index contributed by atoms with van der Waals surface area (Å²) >= 11 is 0. The summed E-state index contributed by atoms with van der Waals surface area (Å²) in [5.74, 6) is 0. The van der Waals surface area contributed by atoms with E-state index in [-0.39, 0.29) is 22.3 Å². The monoisotopic (exact) mass is 396 g/mol. The zero-order chi connectivity index (χ0) is 20.0. The average molecular weight is 397 g/mol. The fourth-order valence-electron chi connectivity index (χ4n) is 3.01. The molecule has 150 valence electrons. The van der Waals surface area contributed by atoms with Gasteiger partial charge in [0.1, 0.15) is 6.61 Å². The van der Waals surface area contributed by atoms with Crippen molar-refractivity contribution in [2.24, 2.45) is 0 Å². The largest absolute Gasteiger partial charge is 0.497 e. The molecule has 0 aromatic rings. The van der Waals surface area contributed by atoms with E-state index in [1.54, 1.807) is 0 Å². The highest BCUT2D eigenvalue weighted by Crippen LogP contribution is 2.43. The minimum Gasteiger partial charge on any atom is -0.497 e. The smallest absolute Gasteiger partial charge is 0.192 e. The van der Waals surface area contributed by atoms with E-state index in [1.165, 1.54) is 11.1 Å². The summed E-state index contributed by atoms with van der Waals surface area (Å²) in [6.45, 7) is 23.9. The lowest BCUT2D eigenvalue weighted by atomic mass is 9.87. The molecule has 1 aliphatic carbocycles. The summed E-state index contributed by atoms with van der Waals surface area (Å²) in [4.78, 5) is 0. The molecule has 0 bridgehead atoms. The highest BCUT2D eigenvalue weighted by atomic mass is 28.4. The van der Waals surface area contributed by atoms with Crippen molar-refractivity contribution < 1.29 is 13.6 Å². The summed E-state index contributed by atoms with van der Waals surface area (Å²) in [5, 5.41) is 0.426. The molecule has 5 heteroatoms. The van der Waals surface area contributed by atoms with Gasteiger partial charge < -0.3 is 13.6 Å². The van der Waals surface area contributed by atoms with Gasteiger partial charge in [-0.25, -0.2) is 0 Å². The lowest BCUT2D eigenvalue weighted by Crippen LogP contribution is -2.49. The molecule has 26 heavy (non-hydrogen) atoms. The Morgan fingerprint density at radius 2 is 1.46 bits per heavy atom. The first-order valence-electron chi connectivity index (χ1n) is 10.00. The summed E-state index contributed by atoms with van der Waals surface area (Å²) in [5.41, 5.74) is 2.71. The van der Waals surface area contributed by atoms with Gasteiger partial charge in [0.15, 0.2) is 16.6 Å². The van der Waals surface area contributed by atoms with Gasteiger partial charge >= 0.3 is 0 Å². The van der Waals surface area contributed by atoms with Crippen molar-refractivity contribution in [2.45, 2.75) is 103 Å². The zero-order valence-corrected chi connectivity index (χ0v) is 20.7. The van der Waals surface area contributed by atoms with Crippen molar-refractivity contribution >= 4 is 16.6 Å². The van der Waals surface area contributed by atoms with Gasteiger partial charge in [0.25, 0.3) is 0 Å². The van der Waals surface area contributed by atoms with Crippen LogP contribution in [0.2, 0.25) is 36.3 Å². The number of ether oxygens (including phenoxy) is 1. The lowest BCUT2D eigenvalue weighted by Gasteiger charge is -2.45. The highest BCUT2D eigenvalue weighted by Gasteiger charge is 2.44. The molecule has 0 aromatic carbocycles. The van der Waals surface area contributed by atoms with Crippen molar-refractivity contribution in [3.63, 3.8) is 0 Å². The molecule has 0 fully saturated rings. The Kier molecular flexibility index (Phi) is 6.10. The Bertz CT molecular complexity index is 577. The molecule has 0 saturated carbocycles. The third kappa shape index (κ3) is 4.72. The average Bonchev–Trinajstić information content (AvgIpc) is 2.44. The zero-order valence-electron chi connectivity index (χ0n) is 18.7. The van der Waals surface area contributed by atoms with Crippen molar-refractivity contribution in [3.8, 4) is 0 Å². The van der Waals surface area contributed by atoms with Gasteiger partial charge in [-0.2, -0.15) is 0 Å². The van der Waals surface area contributed by atoms with E-state index in [2.05, 4.69) is 73.8 Å². The van der Waals surface area contributed by atoms with Crippen molar-refractivity contribution in [3.05, 3.63) is 23.5 Å². The van der Waals surface area contributed by atoms with Crippen LogP contribution in [-0.4, -0.2) is 35.4 Å². The van der Waals surface area contributed by atoms with Crippen LogP contribution in [0.25, 0.3) is 0 Å². The van der Waals surface area contributed by atoms with Gasteiger partial charge in [-0.1, -0.05) is 41.5 Å². The molecule has 3 nitrogen and oxygen atoms in total. The van der Waals surface area contributed by atoms with Crippen LogP contribution >= 0.6 is 0 Å². The third-order valence-electron chi connectivity index (χ3n) is 6.84. The second kappa shape index (κ2) is 7.23. The van der Waals surface area contributed by atoms with E-state index in [0.717, 1.165) is 12.8 Å². The molecule has 0 aromatic heterocycles. The number of hydrogen-bond acceptors (Lipinski definition) is 3. The van der Waals surface area contributed by atoms with Crippen molar-refractivity contribution in [2.75, 3.05) is 6.61 Å². The summed E-state index contributed by atoms with van der Waals surface area (Å²) < 4.78 is 19.3. The number of hydrogen-bond donors (Lipinski definition) is 0. The summed E-state index contributed by atoms with van der Waals surface area (Å²) in [7, 11) is -3.65. The second-order valence-corrected chi connectivity index (χ2v) is 20.5. The molecule has 2 rings (SSSR count). The Hall–Kier alpha value is -0.366. The quantitative estimate of drug-likeness (QED) is 0.514. The van der Waals surface area contributed by atoms with E-state index in [1.807, 2.05) is 6.26 Å². The minimum atomic E-state index is -1.85.